The average molecular weight is 206 g/mol. The molecule has 1 aromatic carbocycles. The number of ether oxygens (including phenoxy) is 2. The largest absolute Gasteiger partial charge is 0.486 e. The van der Waals surface area contributed by atoms with Gasteiger partial charge in [-0.1, -0.05) is 32.4 Å². The third kappa shape index (κ3) is 2.09. The molecule has 0 amide bonds. The number of hydrogen-bond donors (Lipinski definition) is 0. The molecule has 0 bridgehead atoms. The van der Waals surface area contributed by atoms with Crippen molar-refractivity contribution in [1.82, 2.24) is 0 Å². The number of rotatable bonds is 3. The lowest BCUT2D eigenvalue weighted by atomic mass is 9.95. The first-order valence-corrected chi connectivity index (χ1v) is 5.71. The highest BCUT2D eigenvalue weighted by Gasteiger charge is 2.18. The van der Waals surface area contributed by atoms with Gasteiger partial charge in [-0.05, 0) is 18.4 Å². The van der Waals surface area contributed by atoms with E-state index >= 15 is 0 Å². The summed E-state index contributed by atoms with van der Waals surface area (Å²) in [4.78, 5) is 0. The van der Waals surface area contributed by atoms with Crippen LogP contribution >= 0.6 is 0 Å². The number of fused-ring (bicyclic) bond motifs is 1. The maximum atomic E-state index is 5.70. The SMILES string of the molecule is CCCC(C)c1cccc2c1OCCO2. The third-order valence-corrected chi connectivity index (χ3v) is 2.85. The van der Waals surface area contributed by atoms with E-state index in [1.165, 1.54) is 18.4 Å². The molecule has 82 valence electrons. The Morgan fingerprint density at radius 1 is 1.27 bits per heavy atom. The highest BCUT2D eigenvalue weighted by molar-refractivity contribution is 5.48. The van der Waals surface area contributed by atoms with E-state index in [9.17, 15) is 0 Å². The molecule has 1 aliphatic heterocycles. The van der Waals surface area contributed by atoms with Crippen LogP contribution in [0.15, 0.2) is 18.2 Å². The zero-order valence-electron chi connectivity index (χ0n) is 9.45. The fourth-order valence-corrected chi connectivity index (χ4v) is 2.07. The fraction of sp³-hybridized carbons (Fsp3) is 0.538. The van der Waals surface area contributed by atoms with Gasteiger partial charge in [-0.3, -0.25) is 0 Å². The van der Waals surface area contributed by atoms with Crippen molar-refractivity contribution in [3.05, 3.63) is 23.8 Å². The van der Waals surface area contributed by atoms with E-state index in [1.54, 1.807) is 0 Å². The Kier molecular flexibility index (Phi) is 3.14. The van der Waals surface area contributed by atoms with Gasteiger partial charge >= 0.3 is 0 Å². The topological polar surface area (TPSA) is 18.5 Å². The van der Waals surface area contributed by atoms with Crippen LogP contribution in [0.1, 0.15) is 38.2 Å². The lowest BCUT2D eigenvalue weighted by molar-refractivity contribution is 0.169. The van der Waals surface area contributed by atoms with Crippen LogP contribution < -0.4 is 9.47 Å². The van der Waals surface area contributed by atoms with E-state index in [1.807, 2.05) is 6.07 Å². The first kappa shape index (κ1) is 10.3. The highest BCUT2D eigenvalue weighted by atomic mass is 16.6. The normalized spacial score (nSPS) is 16.1. The Hall–Kier alpha value is -1.18. The van der Waals surface area contributed by atoms with Crippen molar-refractivity contribution in [2.75, 3.05) is 13.2 Å². The van der Waals surface area contributed by atoms with Gasteiger partial charge < -0.3 is 9.47 Å². The van der Waals surface area contributed by atoms with Crippen molar-refractivity contribution >= 4 is 0 Å². The van der Waals surface area contributed by atoms with Gasteiger partial charge in [0, 0.05) is 5.56 Å². The van der Waals surface area contributed by atoms with E-state index in [2.05, 4.69) is 26.0 Å². The summed E-state index contributed by atoms with van der Waals surface area (Å²) in [5.74, 6) is 2.41. The zero-order chi connectivity index (χ0) is 10.7. The first-order chi connectivity index (χ1) is 7.33. The van der Waals surface area contributed by atoms with Gasteiger partial charge in [0.05, 0.1) is 0 Å². The van der Waals surface area contributed by atoms with Crippen molar-refractivity contribution in [1.29, 1.82) is 0 Å². The summed E-state index contributed by atoms with van der Waals surface area (Å²) in [5, 5.41) is 0. The number of benzene rings is 1. The monoisotopic (exact) mass is 206 g/mol. The van der Waals surface area contributed by atoms with Crippen LogP contribution in [0.2, 0.25) is 0 Å². The van der Waals surface area contributed by atoms with E-state index < -0.39 is 0 Å². The summed E-state index contributed by atoms with van der Waals surface area (Å²) in [7, 11) is 0. The summed E-state index contributed by atoms with van der Waals surface area (Å²) in [6.07, 6.45) is 2.39. The van der Waals surface area contributed by atoms with Crippen molar-refractivity contribution < 1.29 is 9.47 Å². The molecule has 2 rings (SSSR count). The molecular formula is C13H18O2. The van der Waals surface area contributed by atoms with Crippen LogP contribution in [0, 0.1) is 0 Å². The summed E-state index contributed by atoms with van der Waals surface area (Å²) in [6.45, 7) is 5.79. The molecule has 2 heteroatoms. The van der Waals surface area contributed by atoms with Crippen LogP contribution in [-0.2, 0) is 0 Å². The summed E-state index contributed by atoms with van der Waals surface area (Å²) in [6, 6.07) is 6.18. The molecule has 0 radical (unpaired) electrons. The second kappa shape index (κ2) is 4.56. The van der Waals surface area contributed by atoms with Crippen molar-refractivity contribution in [3.8, 4) is 11.5 Å². The third-order valence-electron chi connectivity index (χ3n) is 2.85. The second-order valence-electron chi connectivity index (χ2n) is 4.06. The van der Waals surface area contributed by atoms with Crippen LogP contribution in [0.25, 0.3) is 0 Å². The van der Waals surface area contributed by atoms with Crippen molar-refractivity contribution in [2.45, 2.75) is 32.6 Å². The highest BCUT2D eigenvalue weighted by Crippen LogP contribution is 2.38. The Bertz CT molecular complexity index is 333. The Labute approximate surface area is 91.2 Å². The summed E-state index contributed by atoms with van der Waals surface area (Å²) in [5.41, 5.74) is 1.29. The van der Waals surface area contributed by atoms with Crippen LogP contribution in [0.5, 0.6) is 11.5 Å². The van der Waals surface area contributed by atoms with Gasteiger partial charge in [-0.2, -0.15) is 0 Å². The molecule has 0 N–H and O–H groups in total. The van der Waals surface area contributed by atoms with Gasteiger partial charge in [0.2, 0.25) is 0 Å². The molecule has 0 saturated heterocycles. The molecule has 1 aromatic rings. The molecule has 0 aromatic heterocycles. The van der Waals surface area contributed by atoms with Gasteiger partial charge in [0.1, 0.15) is 13.2 Å². The van der Waals surface area contributed by atoms with Gasteiger partial charge in [-0.25, -0.2) is 0 Å². The van der Waals surface area contributed by atoms with Gasteiger partial charge in [-0.15, -0.1) is 0 Å². The standard InChI is InChI=1S/C13H18O2/c1-3-5-10(2)11-6-4-7-12-13(11)15-9-8-14-12/h4,6-7,10H,3,5,8-9H2,1-2H3. The second-order valence-corrected chi connectivity index (χ2v) is 4.06. The number of hydrogen-bond acceptors (Lipinski definition) is 2. The zero-order valence-corrected chi connectivity index (χ0v) is 9.45. The molecule has 0 aliphatic carbocycles. The minimum absolute atomic E-state index is 0.548. The number of para-hydroxylation sites is 1. The maximum absolute atomic E-state index is 5.70. The fourth-order valence-electron chi connectivity index (χ4n) is 2.07. The molecule has 1 heterocycles. The van der Waals surface area contributed by atoms with Crippen LogP contribution in [0.3, 0.4) is 0 Å². The maximum Gasteiger partial charge on any atom is 0.164 e. The Morgan fingerprint density at radius 3 is 2.87 bits per heavy atom. The minimum atomic E-state index is 0.548. The molecule has 0 saturated carbocycles. The molecular weight excluding hydrogens is 188 g/mol. The van der Waals surface area contributed by atoms with E-state index in [0.717, 1.165) is 11.5 Å². The molecule has 1 aliphatic rings. The molecule has 1 atom stereocenters. The summed E-state index contributed by atoms with van der Waals surface area (Å²) < 4.78 is 11.3. The van der Waals surface area contributed by atoms with E-state index in [-0.39, 0.29) is 0 Å². The van der Waals surface area contributed by atoms with Crippen LogP contribution in [-0.4, -0.2) is 13.2 Å². The first-order valence-electron chi connectivity index (χ1n) is 5.71. The summed E-state index contributed by atoms with van der Waals surface area (Å²) >= 11 is 0. The molecule has 15 heavy (non-hydrogen) atoms. The molecule has 0 spiro atoms. The lowest BCUT2D eigenvalue weighted by Gasteiger charge is -2.23. The van der Waals surface area contributed by atoms with E-state index in [0.29, 0.717) is 19.1 Å². The van der Waals surface area contributed by atoms with Gasteiger partial charge in [0.15, 0.2) is 11.5 Å². The molecule has 2 nitrogen and oxygen atoms in total. The van der Waals surface area contributed by atoms with E-state index in [4.69, 9.17) is 9.47 Å². The Balaban J connectivity index is 2.30. The molecule has 0 fully saturated rings. The van der Waals surface area contributed by atoms with Gasteiger partial charge in [0.25, 0.3) is 0 Å². The smallest absolute Gasteiger partial charge is 0.164 e. The lowest BCUT2D eigenvalue weighted by Crippen LogP contribution is -2.17. The van der Waals surface area contributed by atoms with Crippen LogP contribution in [0.4, 0.5) is 0 Å². The minimum Gasteiger partial charge on any atom is -0.486 e. The van der Waals surface area contributed by atoms with Crippen molar-refractivity contribution in [3.63, 3.8) is 0 Å². The predicted octanol–water partition coefficient (Wildman–Crippen LogP) is 3.36. The Morgan fingerprint density at radius 2 is 2.07 bits per heavy atom. The van der Waals surface area contributed by atoms with Crippen molar-refractivity contribution in [2.24, 2.45) is 0 Å². The predicted molar refractivity (Wildman–Crippen MR) is 60.8 cm³/mol. The quantitative estimate of drug-likeness (QED) is 0.755. The average Bonchev–Trinajstić information content (AvgIpc) is 2.28. The molecule has 1 unspecified atom stereocenters.